The van der Waals surface area contributed by atoms with Gasteiger partial charge in [-0.2, -0.15) is 0 Å². The average Bonchev–Trinajstić information content (AvgIpc) is 2.73. The zero-order valence-corrected chi connectivity index (χ0v) is 15.5. The van der Waals surface area contributed by atoms with Crippen molar-refractivity contribution in [3.05, 3.63) is 76.2 Å². The molecular weight excluding hydrogens is 375 g/mol. The Kier molecular flexibility index (Phi) is 5.07. The summed E-state index contributed by atoms with van der Waals surface area (Å²) >= 11 is 0. The maximum Gasteiger partial charge on any atom is 0.301 e. The van der Waals surface area contributed by atoms with Crippen LogP contribution in [0.2, 0.25) is 0 Å². The molecule has 0 spiro atoms. The topological polar surface area (TPSA) is 88.4 Å². The van der Waals surface area contributed by atoms with Gasteiger partial charge in [0, 0.05) is 30.9 Å². The Morgan fingerprint density at radius 2 is 1.86 bits per heavy atom. The zero-order chi connectivity index (χ0) is 20.4. The number of nitro groups is 1. The minimum atomic E-state index is -0.387. The number of pyridine rings is 1. The van der Waals surface area contributed by atoms with Gasteiger partial charge in [-0.1, -0.05) is 0 Å². The Morgan fingerprint density at radius 3 is 2.55 bits per heavy atom. The van der Waals surface area contributed by atoms with E-state index in [0.29, 0.717) is 48.1 Å². The van der Waals surface area contributed by atoms with Crippen LogP contribution in [-0.2, 0) is 0 Å². The molecule has 1 aromatic heterocycles. The molecule has 0 saturated carbocycles. The van der Waals surface area contributed by atoms with Crippen LogP contribution in [0.25, 0.3) is 10.9 Å². The molecule has 7 nitrogen and oxygen atoms in total. The van der Waals surface area contributed by atoms with Gasteiger partial charge in [-0.3, -0.25) is 19.9 Å². The second-order valence-electron chi connectivity index (χ2n) is 7.00. The number of aromatic nitrogens is 1. The summed E-state index contributed by atoms with van der Waals surface area (Å²) in [5, 5.41) is 15.2. The number of benzene rings is 2. The quantitative estimate of drug-likeness (QED) is 0.539. The first-order valence-electron chi connectivity index (χ1n) is 9.36. The number of hydrogen-bond acceptors (Lipinski definition) is 5. The van der Waals surface area contributed by atoms with Crippen LogP contribution in [0.3, 0.4) is 0 Å². The van der Waals surface area contributed by atoms with Crippen LogP contribution in [0.1, 0.15) is 23.2 Å². The van der Waals surface area contributed by atoms with Gasteiger partial charge < -0.3 is 10.2 Å². The lowest BCUT2D eigenvalue weighted by Gasteiger charge is -2.33. The lowest BCUT2D eigenvalue weighted by Crippen LogP contribution is -2.44. The predicted molar refractivity (Wildman–Crippen MR) is 107 cm³/mol. The molecule has 1 aliphatic rings. The number of rotatable bonds is 4. The summed E-state index contributed by atoms with van der Waals surface area (Å²) in [6, 6.07) is 12.3. The van der Waals surface area contributed by atoms with E-state index >= 15 is 0 Å². The number of halogens is 1. The summed E-state index contributed by atoms with van der Waals surface area (Å²) < 4.78 is 13.0. The normalized spacial score (nSPS) is 14.7. The van der Waals surface area contributed by atoms with Gasteiger partial charge in [0.2, 0.25) is 0 Å². The number of carbonyl (C=O) groups is 1. The first kappa shape index (κ1) is 18.8. The molecule has 8 heteroatoms. The van der Waals surface area contributed by atoms with E-state index in [4.69, 9.17) is 0 Å². The molecule has 0 aliphatic carbocycles. The summed E-state index contributed by atoms with van der Waals surface area (Å²) in [5.74, 6) is -0.631. The van der Waals surface area contributed by atoms with Gasteiger partial charge in [0.15, 0.2) is 0 Å². The fourth-order valence-corrected chi connectivity index (χ4v) is 3.71. The molecule has 0 atom stereocenters. The third-order valence-electron chi connectivity index (χ3n) is 5.20. The molecule has 1 N–H and O–H groups in total. The maximum absolute atomic E-state index is 13.0. The summed E-state index contributed by atoms with van der Waals surface area (Å²) in [5.41, 5.74) is 1.62. The molecule has 1 fully saturated rings. The molecule has 148 valence electrons. The highest BCUT2D eigenvalue weighted by atomic mass is 19.1. The number of nitrogens with one attached hydrogen (secondary N) is 1. The number of carbonyl (C=O) groups excluding carboxylic acids is 1. The molecule has 2 heterocycles. The van der Waals surface area contributed by atoms with E-state index in [1.807, 2.05) is 4.90 Å². The van der Waals surface area contributed by atoms with Gasteiger partial charge in [0.05, 0.1) is 15.8 Å². The molecule has 0 radical (unpaired) electrons. The smallest absolute Gasteiger partial charge is 0.301 e. The van der Waals surface area contributed by atoms with Gasteiger partial charge in [0.25, 0.3) is 5.91 Å². The molecular formula is C21H19FN4O3. The van der Waals surface area contributed by atoms with E-state index in [2.05, 4.69) is 10.3 Å². The van der Waals surface area contributed by atoms with Crippen molar-refractivity contribution in [3.63, 3.8) is 0 Å². The predicted octanol–water partition coefficient (Wildman–Crippen LogP) is 3.68. The average molecular weight is 394 g/mol. The highest BCUT2D eigenvalue weighted by molar-refractivity contribution is 5.95. The van der Waals surface area contributed by atoms with Crippen molar-refractivity contribution in [2.75, 3.05) is 18.0 Å². The van der Waals surface area contributed by atoms with Gasteiger partial charge in [-0.15, -0.1) is 0 Å². The summed E-state index contributed by atoms with van der Waals surface area (Å²) in [7, 11) is 0. The van der Waals surface area contributed by atoms with Crippen molar-refractivity contribution in [1.82, 2.24) is 10.3 Å². The number of anilines is 1. The first-order valence-corrected chi connectivity index (χ1v) is 9.36. The SMILES string of the molecule is O=C(NC1CCN(c2ccc3ncccc3c2[N+](=O)[O-])CC1)c1ccc(F)cc1. The van der Waals surface area contributed by atoms with Crippen molar-refractivity contribution in [3.8, 4) is 0 Å². The number of fused-ring (bicyclic) bond motifs is 1. The summed E-state index contributed by atoms with van der Waals surface area (Å²) in [6.45, 7) is 1.17. The Balaban J connectivity index is 1.47. The molecule has 1 saturated heterocycles. The van der Waals surface area contributed by atoms with Crippen molar-refractivity contribution in [2.45, 2.75) is 18.9 Å². The second kappa shape index (κ2) is 7.83. The lowest BCUT2D eigenvalue weighted by molar-refractivity contribution is -0.382. The molecule has 0 bridgehead atoms. The third kappa shape index (κ3) is 3.87. The lowest BCUT2D eigenvalue weighted by atomic mass is 10.0. The molecule has 3 aromatic rings. The Morgan fingerprint density at radius 1 is 1.14 bits per heavy atom. The maximum atomic E-state index is 13.0. The molecule has 1 aliphatic heterocycles. The Hall–Kier alpha value is -3.55. The van der Waals surface area contributed by atoms with Crippen molar-refractivity contribution >= 4 is 28.2 Å². The zero-order valence-electron chi connectivity index (χ0n) is 15.5. The second-order valence-corrected chi connectivity index (χ2v) is 7.00. The van der Waals surface area contributed by atoms with Gasteiger partial charge in [0.1, 0.15) is 11.5 Å². The van der Waals surface area contributed by atoms with Gasteiger partial charge in [-0.25, -0.2) is 4.39 Å². The van der Waals surface area contributed by atoms with Crippen LogP contribution in [0, 0.1) is 15.9 Å². The molecule has 1 amide bonds. The van der Waals surface area contributed by atoms with Crippen molar-refractivity contribution in [2.24, 2.45) is 0 Å². The Labute approximate surface area is 166 Å². The van der Waals surface area contributed by atoms with Crippen LogP contribution in [-0.4, -0.2) is 34.9 Å². The van der Waals surface area contributed by atoms with Crippen LogP contribution in [0.5, 0.6) is 0 Å². The van der Waals surface area contributed by atoms with Gasteiger partial charge in [-0.05, 0) is 61.4 Å². The largest absolute Gasteiger partial charge is 0.366 e. The van der Waals surface area contributed by atoms with Crippen molar-refractivity contribution < 1.29 is 14.1 Å². The number of nitrogens with zero attached hydrogens (tertiary/aromatic N) is 3. The minimum Gasteiger partial charge on any atom is -0.366 e. The Bertz CT molecular complexity index is 1060. The van der Waals surface area contributed by atoms with Crippen LogP contribution >= 0.6 is 0 Å². The minimum absolute atomic E-state index is 0.0371. The fourth-order valence-electron chi connectivity index (χ4n) is 3.71. The van der Waals surface area contributed by atoms with E-state index in [-0.39, 0.29) is 28.4 Å². The molecule has 0 unspecified atom stereocenters. The van der Waals surface area contributed by atoms with Crippen LogP contribution in [0.15, 0.2) is 54.7 Å². The van der Waals surface area contributed by atoms with Crippen LogP contribution < -0.4 is 10.2 Å². The number of amides is 1. The summed E-state index contributed by atoms with van der Waals surface area (Å²) in [4.78, 5) is 29.9. The van der Waals surface area contributed by atoms with Gasteiger partial charge >= 0.3 is 5.69 Å². The number of hydrogen-bond donors (Lipinski definition) is 1. The van der Waals surface area contributed by atoms with E-state index in [1.54, 1.807) is 30.5 Å². The highest BCUT2D eigenvalue weighted by Gasteiger charge is 2.27. The fraction of sp³-hybridized carbons (Fsp3) is 0.238. The van der Waals surface area contributed by atoms with Crippen LogP contribution in [0.4, 0.5) is 15.8 Å². The van der Waals surface area contributed by atoms with E-state index in [0.717, 1.165) is 0 Å². The number of piperidine rings is 1. The monoisotopic (exact) mass is 394 g/mol. The van der Waals surface area contributed by atoms with E-state index in [1.165, 1.54) is 24.3 Å². The molecule has 4 rings (SSSR count). The van der Waals surface area contributed by atoms with E-state index < -0.39 is 0 Å². The first-order chi connectivity index (χ1) is 14.0. The highest BCUT2D eigenvalue weighted by Crippen LogP contribution is 2.36. The van der Waals surface area contributed by atoms with E-state index in [9.17, 15) is 19.3 Å². The number of nitro benzene ring substituents is 1. The molecule has 29 heavy (non-hydrogen) atoms. The van der Waals surface area contributed by atoms with Crippen molar-refractivity contribution in [1.29, 1.82) is 0 Å². The third-order valence-corrected chi connectivity index (χ3v) is 5.20. The molecule has 2 aromatic carbocycles. The standard InChI is InChI=1S/C21H19FN4O3/c22-15-5-3-14(4-6-15)21(27)24-16-9-12-25(13-10-16)19-8-7-18-17(2-1-11-23-18)20(19)26(28)29/h1-8,11,16H,9-10,12-13H2,(H,24,27). The summed E-state index contributed by atoms with van der Waals surface area (Å²) in [6.07, 6.45) is 2.94.